The third-order valence-electron chi connectivity index (χ3n) is 10.1. The van der Waals surface area contributed by atoms with Gasteiger partial charge in [-0.1, -0.05) is 37.3 Å². The molecule has 3 aliphatic rings. The van der Waals surface area contributed by atoms with E-state index in [4.69, 9.17) is 9.47 Å². The number of hydrogen-bond acceptors (Lipinski definition) is 6. The highest BCUT2D eigenvalue weighted by Crippen LogP contribution is 2.60. The van der Waals surface area contributed by atoms with Crippen LogP contribution in [0.15, 0.2) is 79.4 Å². The summed E-state index contributed by atoms with van der Waals surface area (Å²) in [7, 11) is -1.99. The first kappa shape index (κ1) is 33.6. The summed E-state index contributed by atoms with van der Waals surface area (Å²) >= 11 is 0. The number of carbonyl (C=O) groups excluding carboxylic acids is 3. The zero-order chi connectivity index (χ0) is 34.4. The van der Waals surface area contributed by atoms with E-state index >= 15 is 4.11 Å². The highest BCUT2D eigenvalue weighted by atomic mass is 28.4. The van der Waals surface area contributed by atoms with Crippen molar-refractivity contribution in [3.63, 3.8) is 0 Å². The van der Waals surface area contributed by atoms with Crippen molar-refractivity contribution >= 4 is 37.5 Å². The van der Waals surface area contributed by atoms with Crippen LogP contribution < -0.4 is 15.0 Å². The van der Waals surface area contributed by atoms with E-state index in [1.54, 1.807) is 78.5 Å². The Hall–Kier alpha value is -4.32. The van der Waals surface area contributed by atoms with Gasteiger partial charge in [-0.25, -0.2) is 0 Å². The lowest BCUT2D eigenvalue weighted by molar-refractivity contribution is -0.150. The minimum absolute atomic E-state index is 0.131. The summed E-state index contributed by atoms with van der Waals surface area (Å²) in [4.78, 5) is 44.9. The molecule has 2 N–H and O–H groups in total. The van der Waals surface area contributed by atoms with Crippen LogP contribution in [0.1, 0.15) is 40.4 Å². The number of anilines is 2. The summed E-state index contributed by atoms with van der Waals surface area (Å²) in [5.74, 6) is -0.944. The Bertz CT molecular complexity index is 1740. The van der Waals surface area contributed by atoms with Crippen LogP contribution in [0.25, 0.3) is 0 Å². The van der Waals surface area contributed by atoms with Crippen LogP contribution in [0.5, 0.6) is 5.75 Å². The van der Waals surface area contributed by atoms with Gasteiger partial charge in [0, 0.05) is 41.4 Å². The number of halogens is 1. The van der Waals surface area contributed by atoms with E-state index in [1.165, 1.54) is 0 Å². The molecule has 0 radical (unpaired) electrons. The van der Waals surface area contributed by atoms with Gasteiger partial charge in [-0.2, -0.15) is 0 Å². The van der Waals surface area contributed by atoms with Gasteiger partial charge < -0.3 is 33.8 Å². The molecule has 3 aromatic carbocycles. The summed E-state index contributed by atoms with van der Waals surface area (Å²) in [5, 5.41) is 13.1. The van der Waals surface area contributed by atoms with Gasteiger partial charge in [-0.15, -0.1) is 6.58 Å². The van der Waals surface area contributed by atoms with Gasteiger partial charge in [0.15, 0.2) is 5.60 Å². The molecule has 3 aromatic rings. The molecule has 252 valence electrons. The first-order valence-corrected chi connectivity index (χ1v) is 19.2. The van der Waals surface area contributed by atoms with Crippen molar-refractivity contribution in [2.45, 2.75) is 62.7 Å². The van der Waals surface area contributed by atoms with E-state index in [0.717, 1.165) is 11.1 Å². The Balaban J connectivity index is 1.34. The molecule has 11 heteroatoms. The van der Waals surface area contributed by atoms with E-state index in [1.807, 2.05) is 31.2 Å². The van der Waals surface area contributed by atoms with Gasteiger partial charge in [-0.3, -0.25) is 14.4 Å². The van der Waals surface area contributed by atoms with Crippen LogP contribution in [-0.2, 0) is 32.9 Å². The van der Waals surface area contributed by atoms with Gasteiger partial charge >= 0.3 is 0 Å². The molecule has 1 saturated heterocycles. The van der Waals surface area contributed by atoms with Crippen molar-refractivity contribution in [1.29, 1.82) is 0 Å². The van der Waals surface area contributed by atoms with Crippen molar-refractivity contribution in [2.24, 2.45) is 5.92 Å². The number of carbonyl (C=O) groups is 3. The highest BCUT2D eigenvalue weighted by molar-refractivity contribution is 6.72. The Labute approximate surface area is 281 Å². The summed E-state index contributed by atoms with van der Waals surface area (Å²) in [6.45, 7) is 9.19. The second-order valence-electron chi connectivity index (χ2n) is 13.4. The van der Waals surface area contributed by atoms with Gasteiger partial charge in [0.2, 0.25) is 14.3 Å². The van der Waals surface area contributed by atoms with Gasteiger partial charge in [0.25, 0.3) is 11.8 Å². The molecule has 48 heavy (non-hydrogen) atoms. The van der Waals surface area contributed by atoms with Crippen molar-refractivity contribution in [2.75, 3.05) is 30.5 Å². The Kier molecular flexibility index (Phi) is 9.05. The van der Waals surface area contributed by atoms with Gasteiger partial charge in [0.1, 0.15) is 5.75 Å². The van der Waals surface area contributed by atoms with E-state index in [2.05, 4.69) is 11.9 Å². The average Bonchev–Trinajstić information content (AvgIpc) is 3.50. The van der Waals surface area contributed by atoms with Crippen molar-refractivity contribution in [3.8, 4) is 5.75 Å². The highest BCUT2D eigenvalue weighted by Gasteiger charge is 2.67. The van der Waals surface area contributed by atoms with Crippen LogP contribution in [0.4, 0.5) is 15.5 Å². The van der Waals surface area contributed by atoms with Crippen molar-refractivity contribution < 1.29 is 33.1 Å². The van der Waals surface area contributed by atoms with Gasteiger partial charge in [-0.05, 0) is 73.1 Å². The van der Waals surface area contributed by atoms with Crippen molar-refractivity contribution in [1.82, 2.24) is 4.90 Å². The van der Waals surface area contributed by atoms with E-state index in [9.17, 15) is 19.5 Å². The SMILES string of the molecule is C=CCN1C(=O)[C@@]2(O[C@@H](CC(=O)N3Cc4ccccc4C[C@H]3CO)[C@H]([Si](C)(C)F)[C@H]2C)c2cc(NC(=O)c3ccc(OC)cc3)ccc21. The number of benzene rings is 3. The molecule has 9 nitrogen and oxygen atoms in total. The summed E-state index contributed by atoms with van der Waals surface area (Å²) in [5.41, 5.74) is 1.81. The molecule has 0 bridgehead atoms. The van der Waals surface area contributed by atoms with Crippen LogP contribution >= 0.6 is 0 Å². The van der Waals surface area contributed by atoms with Crippen LogP contribution in [-0.4, -0.2) is 68.5 Å². The number of rotatable bonds is 9. The van der Waals surface area contributed by atoms with E-state index in [0.29, 0.717) is 41.2 Å². The van der Waals surface area contributed by atoms with Crippen molar-refractivity contribution in [3.05, 3.63) is 102 Å². The number of ether oxygens (including phenoxy) is 2. The lowest BCUT2D eigenvalue weighted by Crippen LogP contribution is -2.48. The van der Waals surface area contributed by atoms with E-state index < -0.39 is 37.6 Å². The number of amides is 3. The smallest absolute Gasteiger partial charge is 0.264 e. The number of nitrogens with zero attached hydrogens (tertiary/aromatic N) is 2. The van der Waals surface area contributed by atoms with Crippen LogP contribution in [0, 0.1) is 5.92 Å². The average molecular weight is 672 g/mol. The molecule has 5 atom stereocenters. The molecular formula is C37H42FN3O6Si. The number of aliphatic hydroxyl groups is 1. The predicted molar refractivity (Wildman–Crippen MR) is 184 cm³/mol. The van der Waals surface area contributed by atoms with Crippen LogP contribution in [0.3, 0.4) is 0 Å². The number of nitrogens with one attached hydrogen (secondary N) is 1. The van der Waals surface area contributed by atoms with E-state index in [-0.39, 0.29) is 37.3 Å². The minimum Gasteiger partial charge on any atom is -0.497 e. The molecule has 1 fully saturated rings. The number of methoxy groups -OCH3 is 1. The molecule has 0 aromatic heterocycles. The maximum atomic E-state index is 16.4. The fourth-order valence-corrected chi connectivity index (χ4v) is 10.4. The monoisotopic (exact) mass is 671 g/mol. The predicted octanol–water partition coefficient (Wildman–Crippen LogP) is 5.59. The molecule has 6 rings (SSSR count). The third-order valence-corrected chi connectivity index (χ3v) is 12.6. The second-order valence-corrected chi connectivity index (χ2v) is 17.2. The summed E-state index contributed by atoms with van der Waals surface area (Å²) in [6.07, 6.45) is 1.13. The normalized spacial score (nSPS) is 24.8. The topological polar surface area (TPSA) is 108 Å². The number of fused-ring (bicyclic) bond motifs is 3. The maximum absolute atomic E-state index is 16.4. The quantitative estimate of drug-likeness (QED) is 0.175. The summed E-state index contributed by atoms with van der Waals surface area (Å²) in [6, 6.07) is 19.3. The zero-order valence-corrected chi connectivity index (χ0v) is 28.7. The number of aliphatic hydroxyl groups excluding tert-OH is 1. The third kappa shape index (κ3) is 5.73. The minimum atomic E-state index is -3.54. The summed E-state index contributed by atoms with van der Waals surface area (Å²) < 4.78 is 28.4. The fourth-order valence-electron chi connectivity index (χ4n) is 7.91. The molecule has 3 aliphatic heterocycles. The molecule has 0 aliphatic carbocycles. The Morgan fingerprint density at radius 2 is 1.85 bits per heavy atom. The zero-order valence-electron chi connectivity index (χ0n) is 27.7. The Morgan fingerprint density at radius 1 is 1.15 bits per heavy atom. The first-order valence-electron chi connectivity index (χ1n) is 16.3. The molecule has 1 spiro atoms. The Morgan fingerprint density at radius 3 is 2.50 bits per heavy atom. The van der Waals surface area contributed by atoms with Gasteiger partial charge in [0.05, 0.1) is 38.0 Å². The lowest BCUT2D eigenvalue weighted by atomic mass is 9.82. The van der Waals surface area contributed by atoms with Crippen LogP contribution in [0.2, 0.25) is 18.6 Å². The lowest BCUT2D eigenvalue weighted by Gasteiger charge is -2.37. The largest absolute Gasteiger partial charge is 0.497 e. The molecular weight excluding hydrogens is 630 g/mol. The molecule has 3 amide bonds. The first-order chi connectivity index (χ1) is 22.9. The second kappa shape index (κ2) is 12.9. The fraction of sp³-hybridized carbons (Fsp3) is 0.378. The maximum Gasteiger partial charge on any atom is 0.264 e. The standard InChI is InChI=1S/C37H42FN3O6Si/c1-6-17-40-31-16-13-27(39-35(44)24-11-14-29(46-3)15-12-24)19-30(31)37(36(40)45)23(2)34(48(4,5)38)32(47-37)20-33(43)41-21-26-10-8-7-9-25(26)18-28(41)22-42/h6-16,19,23,28,32,34,42H,1,17-18,20-22H2,2-5H3,(H,39,44)/t23-,28+,32+,34-,37+/m1/s1. The molecule has 0 saturated carbocycles. The molecule has 3 heterocycles. The molecule has 0 unspecified atom stereocenters. The number of hydrogen-bond donors (Lipinski definition) is 2.